The van der Waals surface area contributed by atoms with Crippen molar-refractivity contribution in [2.75, 3.05) is 0 Å². The molecule has 0 fully saturated rings. The van der Waals surface area contributed by atoms with Crippen molar-refractivity contribution in [1.29, 1.82) is 0 Å². The van der Waals surface area contributed by atoms with E-state index in [1.807, 2.05) is 42.5 Å². The molecule has 0 aliphatic rings. The van der Waals surface area contributed by atoms with Crippen LogP contribution >= 0.6 is 0 Å². The highest BCUT2D eigenvalue weighted by atomic mass is 16.5. The van der Waals surface area contributed by atoms with Crippen LogP contribution in [0.4, 0.5) is 0 Å². The third kappa shape index (κ3) is 4.94. The molecular weight excluding hydrogens is 356 g/mol. The lowest BCUT2D eigenvalue weighted by Gasteiger charge is -2.09. The number of amides is 1. The first-order chi connectivity index (χ1) is 13.5. The molecule has 3 rings (SSSR count). The zero-order valence-electron chi connectivity index (χ0n) is 15.3. The van der Waals surface area contributed by atoms with Crippen LogP contribution in [0.3, 0.4) is 0 Å². The molecule has 142 valence electrons. The first-order valence-corrected chi connectivity index (χ1v) is 8.81. The number of nitrogens with one attached hydrogen (secondary N) is 1. The minimum Gasteiger partial charge on any atom is -0.479 e. The molecule has 1 amide bonds. The van der Waals surface area contributed by atoms with E-state index in [1.54, 1.807) is 24.3 Å². The zero-order chi connectivity index (χ0) is 19.9. The van der Waals surface area contributed by atoms with Gasteiger partial charge in [-0.15, -0.1) is 0 Å². The predicted molar refractivity (Wildman–Crippen MR) is 108 cm³/mol. The van der Waals surface area contributed by atoms with Crippen molar-refractivity contribution in [3.8, 4) is 5.75 Å². The molecule has 0 spiro atoms. The average molecular weight is 376 g/mol. The summed E-state index contributed by atoms with van der Waals surface area (Å²) in [5.74, 6) is -0.783. The minimum absolute atomic E-state index is 0.206. The summed E-state index contributed by atoms with van der Waals surface area (Å²) in [5.41, 5.74) is 4.22. The molecule has 0 aliphatic heterocycles. The van der Waals surface area contributed by atoms with Crippen LogP contribution in [0.15, 0.2) is 71.8 Å². The van der Waals surface area contributed by atoms with Gasteiger partial charge in [0, 0.05) is 0 Å². The summed E-state index contributed by atoms with van der Waals surface area (Å²) in [7, 11) is 0. The Morgan fingerprint density at radius 1 is 1.07 bits per heavy atom. The van der Waals surface area contributed by atoms with E-state index in [0.717, 1.165) is 21.9 Å². The number of hydrogen-bond acceptors (Lipinski definition) is 4. The van der Waals surface area contributed by atoms with Crippen LogP contribution in [0.2, 0.25) is 0 Å². The fraction of sp³-hybridized carbons (Fsp3) is 0.136. The van der Waals surface area contributed by atoms with E-state index in [2.05, 4.69) is 10.5 Å². The van der Waals surface area contributed by atoms with E-state index in [9.17, 15) is 9.59 Å². The summed E-state index contributed by atoms with van der Waals surface area (Å²) in [6.45, 7) is 1.46. The molecule has 0 heterocycles. The first kappa shape index (κ1) is 19.1. The van der Waals surface area contributed by atoms with E-state index in [4.69, 9.17) is 9.84 Å². The summed E-state index contributed by atoms with van der Waals surface area (Å²) in [4.78, 5) is 23.0. The maximum absolute atomic E-state index is 12.2. The summed E-state index contributed by atoms with van der Waals surface area (Å²) in [6, 6.07) is 20.6. The minimum atomic E-state index is -1.03. The number of rotatable bonds is 7. The molecule has 3 aromatic rings. The molecule has 0 bridgehead atoms. The smallest absolute Gasteiger partial charge is 0.344 e. The molecule has 2 N–H and O–H groups in total. The second-order valence-corrected chi connectivity index (χ2v) is 6.28. The highest BCUT2D eigenvalue weighted by Crippen LogP contribution is 2.18. The maximum atomic E-state index is 12.2. The van der Waals surface area contributed by atoms with E-state index in [0.29, 0.717) is 5.75 Å². The highest BCUT2D eigenvalue weighted by Gasteiger charge is 2.11. The monoisotopic (exact) mass is 376 g/mol. The fourth-order valence-electron chi connectivity index (χ4n) is 2.72. The molecule has 0 saturated heterocycles. The number of carboxylic acids is 1. The lowest BCUT2D eigenvalue weighted by Crippen LogP contribution is -2.22. The normalized spacial score (nSPS) is 12.0. The van der Waals surface area contributed by atoms with Gasteiger partial charge in [-0.1, -0.05) is 42.5 Å². The third-order valence-electron chi connectivity index (χ3n) is 4.17. The lowest BCUT2D eigenvalue weighted by molar-refractivity contribution is -0.144. The molecule has 0 aromatic heterocycles. The number of nitrogens with zero attached hydrogens (tertiary/aromatic N) is 1. The number of ether oxygens (including phenoxy) is 1. The quantitative estimate of drug-likeness (QED) is 0.489. The van der Waals surface area contributed by atoms with Crippen molar-refractivity contribution < 1.29 is 19.4 Å². The van der Waals surface area contributed by atoms with Gasteiger partial charge in [0.05, 0.1) is 12.6 Å². The molecule has 0 unspecified atom stereocenters. The van der Waals surface area contributed by atoms with Crippen LogP contribution in [-0.2, 0) is 16.0 Å². The van der Waals surface area contributed by atoms with E-state index >= 15 is 0 Å². The van der Waals surface area contributed by atoms with Crippen LogP contribution in [-0.4, -0.2) is 29.3 Å². The Kier molecular flexibility index (Phi) is 6.01. The molecular formula is C22H20N2O4. The Labute approximate surface area is 162 Å². The third-order valence-corrected chi connectivity index (χ3v) is 4.17. The number of carboxylic acid groups (broad SMARTS) is 1. The van der Waals surface area contributed by atoms with E-state index in [-0.39, 0.29) is 12.3 Å². The van der Waals surface area contributed by atoms with Gasteiger partial charge in [-0.05, 0) is 53.1 Å². The van der Waals surface area contributed by atoms with Crippen molar-refractivity contribution >= 4 is 28.9 Å². The molecule has 6 nitrogen and oxygen atoms in total. The van der Waals surface area contributed by atoms with Gasteiger partial charge in [-0.3, -0.25) is 4.79 Å². The van der Waals surface area contributed by atoms with Gasteiger partial charge in [0.25, 0.3) is 0 Å². The summed E-state index contributed by atoms with van der Waals surface area (Å²) >= 11 is 0. The summed E-state index contributed by atoms with van der Waals surface area (Å²) in [5, 5.41) is 15.0. The van der Waals surface area contributed by atoms with E-state index < -0.39 is 12.1 Å². The van der Waals surface area contributed by atoms with Gasteiger partial charge >= 0.3 is 5.97 Å². The van der Waals surface area contributed by atoms with Gasteiger partial charge in [-0.2, -0.15) is 5.10 Å². The Morgan fingerprint density at radius 2 is 1.79 bits per heavy atom. The first-order valence-electron chi connectivity index (χ1n) is 8.81. The highest BCUT2D eigenvalue weighted by molar-refractivity contribution is 5.90. The number of carbonyl (C=O) groups excluding carboxylic acids is 1. The van der Waals surface area contributed by atoms with E-state index in [1.165, 1.54) is 13.1 Å². The molecule has 0 radical (unpaired) electrons. The second kappa shape index (κ2) is 8.81. The number of hydrazone groups is 1. The Morgan fingerprint density at radius 3 is 2.54 bits per heavy atom. The van der Waals surface area contributed by atoms with Crippen molar-refractivity contribution in [3.05, 3.63) is 77.9 Å². The largest absolute Gasteiger partial charge is 0.479 e. The average Bonchev–Trinajstić information content (AvgIpc) is 2.69. The lowest BCUT2D eigenvalue weighted by atomic mass is 10.0. The Bertz CT molecular complexity index is 1010. The zero-order valence-corrected chi connectivity index (χ0v) is 15.3. The summed E-state index contributed by atoms with van der Waals surface area (Å²) in [6.07, 6.45) is 0.831. The number of fused-ring (bicyclic) bond motifs is 1. The summed E-state index contributed by atoms with van der Waals surface area (Å²) < 4.78 is 5.26. The van der Waals surface area contributed by atoms with Crippen LogP contribution in [0.1, 0.15) is 18.1 Å². The van der Waals surface area contributed by atoms with Crippen molar-refractivity contribution in [1.82, 2.24) is 5.43 Å². The van der Waals surface area contributed by atoms with Crippen molar-refractivity contribution in [2.45, 2.75) is 19.4 Å². The number of aliphatic carboxylic acids is 1. The van der Waals surface area contributed by atoms with Gasteiger partial charge < -0.3 is 9.84 Å². The predicted octanol–water partition coefficient (Wildman–Crippen LogP) is 3.38. The van der Waals surface area contributed by atoms with Crippen molar-refractivity contribution in [3.63, 3.8) is 0 Å². The van der Waals surface area contributed by atoms with Crippen LogP contribution in [0.5, 0.6) is 5.75 Å². The van der Waals surface area contributed by atoms with Crippen LogP contribution in [0, 0.1) is 0 Å². The maximum Gasteiger partial charge on any atom is 0.344 e. The number of carbonyl (C=O) groups is 2. The SMILES string of the molecule is C[C@@H](Oc1ccc(/C=N\NC(=O)Cc2cccc3ccccc23)cc1)C(=O)O. The molecule has 0 saturated carbocycles. The molecule has 0 aliphatic carbocycles. The molecule has 6 heteroatoms. The van der Waals surface area contributed by atoms with Gasteiger partial charge in [-0.25, -0.2) is 10.2 Å². The number of benzene rings is 3. The van der Waals surface area contributed by atoms with Crippen molar-refractivity contribution in [2.24, 2.45) is 5.10 Å². The van der Waals surface area contributed by atoms with Crippen LogP contribution < -0.4 is 10.2 Å². The Balaban J connectivity index is 1.57. The Hall–Kier alpha value is -3.67. The fourth-order valence-corrected chi connectivity index (χ4v) is 2.72. The van der Waals surface area contributed by atoms with Gasteiger partial charge in [0.2, 0.25) is 5.91 Å². The van der Waals surface area contributed by atoms with Gasteiger partial charge in [0.15, 0.2) is 6.10 Å². The second-order valence-electron chi connectivity index (χ2n) is 6.28. The molecule has 3 aromatic carbocycles. The van der Waals surface area contributed by atoms with Gasteiger partial charge in [0.1, 0.15) is 5.75 Å². The standard InChI is InChI=1S/C22H20N2O4/c1-15(22(26)27)28-19-11-9-16(10-12-19)14-23-24-21(25)13-18-7-4-6-17-5-2-3-8-20(17)18/h2-12,14-15H,13H2,1H3,(H,24,25)(H,26,27)/b23-14-/t15-/m1/s1. The topological polar surface area (TPSA) is 88.0 Å². The molecule has 28 heavy (non-hydrogen) atoms. The molecule has 1 atom stereocenters. The number of hydrogen-bond donors (Lipinski definition) is 2. The van der Waals surface area contributed by atoms with Crippen LogP contribution in [0.25, 0.3) is 10.8 Å².